The number of aromatic nitrogens is 2. The van der Waals surface area contributed by atoms with E-state index in [2.05, 4.69) is 15.3 Å². The second-order valence-corrected chi connectivity index (χ2v) is 3.47. The lowest BCUT2D eigenvalue weighted by Crippen LogP contribution is -2.20. The number of alkyl halides is 3. The van der Waals surface area contributed by atoms with Crippen molar-refractivity contribution in [3.63, 3.8) is 0 Å². The van der Waals surface area contributed by atoms with Gasteiger partial charge in [-0.1, -0.05) is 0 Å². The Balaban J connectivity index is 2.09. The number of hydrogen-bond donors (Lipinski definition) is 1. The lowest BCUT2D eigenvalue weighted by molar-refractivity contribution is -0.141. The number of rotatable bonds is 2. The normalized spacial score (nSPS) is 21.1. The highest BCUT2D eigenvalue weighted by Crippen LogP contribution is 2.28. The molecule has 1 N–H and O–H groups in total. The highest BCUT2D eigenvalue weighted by Gasteiger charge is 2.33. The summed E-state index contributed by atoms with van der Waals surface area (Å²) in [5.74, 6) is -0.0315. The molecule has 0 amide bonds. The summed E-state index contributed by atoms with van der Waals surface area (Å²) in [7, 11) is 0. The van der Waals surface area contributed by atoms with Crippen molar-refractivity contribution < 1.29 is 17.9 Å². The first-order valence-corrected chi connectivity index (χ1v) is 4.82. The average molecular weight is 233 g/mol. The molecule has 1 aromatic rings. The van der Waals surface area contributed by atoms with Crippen LogP contribution < -0.4 is 10.1 Å². The largest absolute Gasteiger partial charge is 0.473 e. The van der Waals surface area contributed by atoms with Crippen LogP contribution in [0.25, 0.3) is 0 Å². The maximum Gasteiger partial charge on any atom is 0.433 e. The molecule has 4 nitrogen and oxygen atoms in total. The first-order valence-electron chi connectivity index (χ1n) is 4.82. The lowest BCUT2D eigenvalue weighted by atomic mass is 10.3. The summed E-state index contributed by atoms with van der Waals surface area (Å²) >= 11 is 0. The molecule has 0 bridgehead atoms. The van der Waals surface area contributed by atoms with E-state index in [0.717, 1.165) is 25.4 Å². The van der Waals surface area contributed by atoms with Gasteiger partial charge < -0.3 is 10.1 Å². The van der Waals surface area contributed by atoms with Crippen LogP contribution in [0.5, 0.6) is 5.88 Å². The standard InChI is InChI=1S/C9H10F3N3O/c10-9(11,12)7-3-8(15-5-14-7)16-6-1-2-13-4-6/h3,5-6,13H,1-2,4H2/t6-/m0/s1. The second-order valence-electron chi connectivity index (χ2n) is 3.47. The molecule has 0 saturated carbocycles. The maximum atomic E-state index is 12.3. The predicted molar refractivity (Wildman–Crippen MR) is 48.9 cm³/mol. The number of hydrogen-bond acceptors (Lipinski definition) is 4. The van der Waals surface area contributed by atoms with Crippen LogP contribution in [-0.4, -0.2) is 29.2 Å². The minimum atomic E-state index is -4.46. The topological polar surface area (TPSA) is 47.0 Å². The Morgan fingerprint density at radius 1 is 1.38 bits per heavy atom. The van der Waals surface area contributed by atoms with Gasteiger partial charge in [-0.15, -0.1) is 0 Å². The Morgan fingerprint density at radius 2 is 2.19 bits per heavy atom. The summed E-state index contributed by atoms with van der Waals surface area (Å²) in [6.45, 7) is 1.44. The van der Waals surface area contributed by atoms with E-state index < -0.39 is 11.9 Å². The highest BCUT2D eigenvalue weighted by molar-refractivity contribution is 5.16. The van der Waals surface area contributed by atoms with E-state index in [0.29, 0.717) is 6.54 Å². The van der Waals surface area contributed by atoms with Gasteiger partial charge in [0.1, 0.15) is 12.4 Å². The van der Waals surface area contributed by atoms with E-state index in [1.165, 1.54) is 0 Å². The summed E-state index contributed by atoms with van der Waals surface area (Å²) in [6.07, 6.45) is -2.95. The van der Waals surface area contributed by atoms with Gasteiger partial charge in [0, 0.05) is 12.6 Å². The maximum absolute atomic E-state index is 12.3. The minimum Gasteiger partial charge on any atom is -0.473 e. The molecule has 1 aromatic heterocycles. The first-order chi connectivity index (χ1) is 7.55. The van der Waals surface area contributed by atoms with Gasteiger partial charge in [-0.3, -0.25) is 0 Å². The number of ether oxygens (including phenoxy) is 1. The number of halogens is 3. The molecule has 0 aromatic carbocycles. The van der Waals surface area contributed by atoms with Gasteiger partial charge in [0.25, 0.3) is 0 Å². The summed E-state index contributed by atoms with van der Waals surface area (Å²) < 4.78 is 42.3. The van der Waals surface area contributed by atoms with Crippen molar-refractivity contribution in [3.05, 3.63) is 18.1 Å². The van der Waals surface area contributed by atoms with Crippen LogP contribution in [-0.2, 0) is 6.18 Å². The monoisotopic (exact) mass is 233 g/mol. The van der Waals surface area contributed by atoms with Crippen molar-refractivity contribution >= 4 is 0 Å². The van der Waals surface area contributed by atoms with Gasteiger partial charge in [-0.05, 0) is 13.0 Å². The molecule has 1 aliphatic rings. The van der Waals surface area contributed by atoms with Gasteiger partial charge in [0.15, 0.2) is 5.69 Å². The fourth-order valence-corrected chi connectivity index (χ4v) is 1.46. The first kappa shape index (κ1) is 11.1. The smallest absolute Gasteiger partial charge is 0.433 e. The van der Waals surface area contributed by atoms with E-state index in [9.17, 15) is 13.2 Å². The van der Waals surface area contributed by atoms with Crippen molar-refractivity contribution in [2.75, 3.05) is 13.1 Å². The minimum absolute atomic E-state index is 0.0315. The molecular weight excluding hydrogens is 223 g/mol. The molecule has 0 spiro atoms. The third kappa shape index (κ3) is 2.60. The molecule has 1 fully saturated rings. The van der Waals surface area contributed by atoms with Crippen molar-refractivity contribution in [2.24, 2.45) is 0 Å². The van der Waals surface area contributed by atoms with Crippen LogP contribution in [0.3, 0.4) is 0 Å². The lowest BCUT2D eigenvalue weighted by Gasteiger charge is -2.12. The molecular formula is C9H10F3N3O. The van der Waals surface area contributed by atoms with Crippen molar-refractivity contribution in [2.45, 2.75) is 18.7 Å². The molecule has 1 aliphatic heterocycles. The fourth-order valence-electron chi connectivity index (χ4n) is 1.46. The zero-order chi connectivity index (χ0) is 11.6. The third-order valence-corrected chi connectivity index (χ3v) is 2.23. The Bertz CT molecular complexity index is 363. The Hall–Kier alpha value is -1.37. The molecule has 7 heteroatoms. The third-order valence-electron chi connectivity index (χ3n) is 2.23. The zero-order valence-corrected chi connectivity index (χ0v) is 8.29. The quantitative estimate of drug-likeness (QED) is 0.834. The molecule has 2 heterocycles. The average Bonchev–Trinajstić information content (AvgIpc) is 2.70. The molecule has 88 valence electrons. The predicted octanol–water partition coefficient (Wildman–Crippen LogP) is 1.24. The van der Waals surface area contributed by atoms with Gasteiger partial charge >= 0.3 is 6.18 Å². The van der Waals surface area contributed by atoms with Crippen LogP contribution in [0, 0.1) is 0 Å². The van der Waals surface area contributed by atoms with Gasteiger partial charge in [-0.25, -0.2) is 9.97 Å². The van der Waals surface area contributed by atoms with E-state index in [1.54, 1.807) is 0 Å². The van der Waals surface area contributed by atoms with Gasteiger partial charge in [0.2, 0.25) is 5.88 Å². The summed E-state index contributed by atoms with van der Waals surface area (Å²) in [4.78, 5) is 6.81. The van der Waals surface area contributed by atoms with E-state index in [4.69, 9.17) is 4.74 Å². The molecule has 2 rings (SSSR count). The summed E-state index contributed by atoms with van der Waals surface area (Å²) in [6, 6.07) is 0.818. The Labute approximate surface area is 89.8 Å². The molecule has 16 heavy (non-hydrogen) atoms. The number of nitrogens with one attached hydrogen (secondary N) is 1. The van der Waals surface area contributed by atoms with Crippen LogP contribution in [0.1, 0.15) is 12.1 Å². The van der Waals surface area contributed by atoms with Crippen molar-refractivity contribution in [1.29, 1.82) is 0 Å². The van der Waals surface area contributed by atoms with Crippen LogP contribution in [0.2, 0.25) is 0 Å². The molecule has 0 radical (unpaired) electrons. The van der Waals surface area contributed by atoms with Crippen LogP contribution >= 0.6 is 0 Å². The Kier molecular flexibility index (Phi) is 2.95. The zero-order valence-electron chi connectivity index (χ0n) is 8.29. The summed E-state index contributed by atoms with van der Waals surface area (Å²) in [5, 5.41) is 3.05. The summed E-state index contributed by atoms with van der Waals surface area (Å²) in [5.41, 5.74) is -0.983. The van der Waals surface area contributed by atoms with E-state index in [-0.39, 0.29) is 12.0 Å². The molecule has 1 atom stereocenters. The molecule has 1 saturated heterocycles. The van der Waals surface area contributed by atoms with Gasteiger partial charge in [0.05, 0.1) is 0 Å². The fraction of sp³-hybridized carbons (Fsp3) is 0.556. The van der Waals surface area contributed by atoms with Crippen molar-refractivity contribution in [1.82, 2.24) is 15.3 Å². The van der Waals surface area contributed by atoms with Crippen LogP contribution in [0.4, 0.5) is 13.2 Å². The SMILES string of the molecule is FC(F)(F)c1cc(O[C@H]2CCNC2)ncn1. The van der Waals surface area contributed by atoms with Crippen LogP contribution in [0.15, 0.2) is 12.4 Å². The molecule has 0 unspecified atom stereocenters. The van der Waals surface area contributed by atoms with Crippen molar-refractivity contribution in [3.8, 4) is 5.88 Å². The molecule has 0 aliphatic carbocycles. The second kappa shape index (κ2) is 4.25. The van der Waals surface area contributed by atoms with E-state index in [1.807, 2.05) is 0 Å². The van der Waals surface area contributed by atoms with Gasteiger partial charge in [-0.2, -0.15) is 13.2 Å². The highest BCUT2D eigenvalue weighted by atomic mass is 19.4. The Morgan fingerprint density at radius 3 is 2.81 bits per heavy atom. The number of nitrogens with zero attached hydrogens (tertiary/aromatic N) is 2. The van der Waals surface area contributed by atoms with E-state index >= 15 is 0 Å².